The summed E-state index contributed by atoms with van der Waals surface area (Å²) < 4.78 is 16.5. The molecule has 0 bridgehead atoms. The third-order valence-corrected chi connectivity index (χ3v) is 5.99. The Balaban J connectivity index is 1.51. The molecule has 0 radical (unpaired) electrons. The predicted octanol–water partition coefficient (Wildman–Crippen LogP) is 6.12. The molecule has 2 aromatic carbocycles. The van der Waals surface area contributed by atoms with E-state index in [1.54, 1.807) is 13.2 Å². The van der Waals surface area contributed by atoms with Crippen LogP contribution < -0.4 is 20.1 Å². The molecule has 9 nitrogen and oxygen atoms in total. The normalized spacial score (nSPS) is 11.3. The van der Waals surface area contributed by atoms with Crippen LogP contribution in [-0.2, 0) is 5.41 Å². The fraction of sp³-hybridized carbons (Fsp3) is 0.280. The summed E-state index contributed by atoms with van der Waals surface area (Å²) >= 11 is 1.46. The number of urea groups is 1. The highest BCUT2D eigenvalue weighted by Crippen LogP contribution is 2.37. The van der Waals surface area contributed by atoms with E-state index in [4.69, 9.17) is 14.0 Å². The largest absolute Gasteiger partial charge is 0.493 e. The summed E-state index contributed by atoms with van der Waals surface area (Å²) in [7, 11) is 1.60. The van der Waals surface area contributed by atoms with Crippen molar-refractivity contribution in [2.45, 2.75) is 43.0 Å². The third kappa shape index (κ3) is 5.83. The van der Waals surface area contributed by atoms with Gasteiger partial charge in [-0.2, -0.15) is 0 Å². The standard InChI is InChI=1S/C25H27N5O4S/c1-6-33-20-11-17-18(12-19(20)32-5)26-14-27-23(17)35-16-9-7-8-15(10-16)28-24(31)29-22-13-21(34-30-22)25(2,3)4/h7-14H,6H2,1-5H3,(H2,28,29,30,31). The van der Waals surface area contributed by atoms with E-state index in [0.29, 0.717) is 35.4 Å². The molecule has 182 valence electrons. The van der Waals surface area contributed by atoms with E-state index < -0.39 is 6.03 Å². The van der Waals surface area contributed by atoms with E-state index in [1.165, 1.54) is 18.1 Å². The molecule has 0 fully saturated rings. The Morgan fingerprint density at radius 2 is 1.91 bits per heavy atom. The first-order valence-electron chi connectivity index (χ1n) is 11.1. The quantitative estimate of drug-likeness (QED) is 0.296. The number of methoxy groups -OCH3 is 1. The zero-order valence-electron chi connectivity index (χ0n) is 20.2. The number of aromatic nitrogens is 3. The van der Waals surface area contributed by atoms with Crippen molar-refractivity contribution in [1.29, 1.82) is 0 Å². The summed E-state index contributed by atoms with van der Waals surface area (Å²) in [4.78, 5) is 22.2. The summed E-state index contributed by atoms with van der Waals surface area (Å²) in [6.07, 6.45) is 1.52. The van der Waals surface area contributed by atoms with Crippen LogP contribution in [0.15, 0.2) is 63.2 Å². The molecule has 0 aliphatic carbocycles. The van der Waals surface area contributed by atoms with Crippen molar-refractivity contribution in [3.63, 3.8) is 0 Å². The van der Waals surface area contributed by atoms with Gasteiger partial charge in [0.25, 0.3) is 0 Å². The van der Waals surface area contributed by atoms with Gasteiger partial charge < -0.3 is 19.3 Å². The summed E-state index contributed by atoms with van der Waals surface area (Å²) in [6.45, 7) is 8.46. The number of nitrogens with zero attached hydrogens (tertiary/aromatic N) is 3. The van der Waals surface area contributed by atoms with Gasteiger partial charge in [0.15, 0.2) is 17.3 Å². The van der Waals surface area contributed by atoms with Crippen LogP contribution in [0.3, 0.4) is 0 Å². The van der Waals surface area contributed by atoms with E-state index >= 15 is 0 Å². The number of anilines is 2. The van der Waals surface area contributed by atoms with Gasteiger partial charge in [-0.3, -0.25) is 5.32 Å². The van der Waals surface area contributed by atoms with Crippen LogP contribution in [0.1, 0.15) is 33.5 Å². The number of amides is 2. The molecule has 4 aromatic rings. The van der Waals surface area contributed by atoms with E-state index in [-0.39, 0.29) is 5.41 Å². The van der Waals surface area contributed by atoms with Gasteiger partial charge in [0.1, 0.15) is 17.1 Å². The first-order valence-corrected chi connectivity index (χ1v) is 11.9. The molecule has 4 rings (SSSR count). The molecule has 0 atom stereocenters. The van der Waals surface area contributed by atoms with Crippen molar-refractivity contribution in [3.8, 4) is 11.5 Å². The highest BCUT2D eigenvalue weighted by Gasteiger charge is 2.20. The van der Waals surface area contributed by atoms with Crippen LogP contribution in [0.4, 0.5) is 16.3 Å². The smallest absolute Gasteiger partial charge is 0.324 e. The van der Waals surface area contributed by atoms with Gasteiger partial charge in [0.05, 0.1) is 19.2 Å². The molecule has 2 amide bonds. The molecule has 2 N–H and O–H groups in total. The molecule has 10 heteroatoms. The minimum atomic E-state index is -0.415. The molecule has 0 saturated carbocycles. The van der Waals surface area contributed by atoms with Crippen LogP contribution >= 0.6 is 11.8 Å². The Bertz CT molecular complexity index is 1350. The average Bonchev–Trinajstić information content (AvgIpc) is 3.28. The van der Waals surface area contributed by atoms with Gasteiger partial charge in [-0.15, -0.1) is 0 Å². The molecule has 0 aliphatic rings. The van der Waals surface area contributed by atoms with Crippen LogP contribution in [-0.4, -0.2) is 34.9 Å². The molecule has 0 unspecified atom stereocenters. The summed E-state index contributed by atoms with van der Waals surface area (Å²) in [5, 5.41) is 11.0. The SMILES string of the molecule is CCOc1cc2c(Sc3cccc(NC(=O)Nc4cc(C(C)(C)C)on4)c3)ncnc2cc1OC. The number of carbonyl (C=O) groups is 1. The monoisotopic (exact) mass is 493 g/mol. The van der Waals surface area contributed by atoms with E-state index in [1.807, 2.05) is 64.1 Å². The Hall–Kier alpha value is -3.79. The highest BCUT2D eigenvalue weighted by atomic mass is 32.2. The lowest BCUT2D eigenvalue weighted by Crippen LogP contribution is -2.19. The molecule has 2 aromatic heterocycles. The van der Waals surface area contributed by atoms with Crippen molar-refractivity contribution < 1.29 is 18.8 Å². The number of nitrogens with one attached hydrogen (secondary N) is 2. The molecule has 2 heterocycles. The van der Waals surface area contributed by atoms with Crippen molar-refractivity contribution >= 4 is 40.2 Å². The Kier molecular flexibility index (Phi) is 7.11. The topological polar surface area (TPSA) is 111 Å². The van der Waals surface area contributed by atoms with Crippen molar-refractivity contribution in [3.05, 3.63) is 54.6 Å². The van der Waals surface area contributed by atoms with Gasteiger partial charge in [0, 0.05) is 33.5 Å². The molecular weight excluding hydrogens is 466 g/mol. The van der Waals surface area contributed by atoms with Gasteiger partial charge in [-0.1, -0.05) is 43.8 Å². The fourth-order valence-electron chi connectivity index (χ4n) is 3.26. The number of hydrogen-bond acceptors (Lipinski definition) is 8. The maximum Gasteiger partial charge on any atom is 0.324 e. The van der Waals surface area contributed by atoms with Crippen LogP contribution in [0, 0.1) is 0 Å². The number of rotatable bonds is 7. The second kappa shape index (κ2) is 10.2. The fourth-order valence-corrected chi connectivity index (χ4v) is 4.19. The number of fused-ring (bicyclic) bond motifs is 1. The molecule has 0 spiro atoms. The highest BCUT2D eigenvalue weighted by molar-refractivity contribution is 7.99. The third-order valence-electron chi connectivity index (χ3n) is 4.98. The van der Waals surface area contributed by atoms with Gasteiger partial charge in [0.2, 0.25) is 0 Å². The van der Waals surface area contributed by atoms with Crippen molar-refractivity contribution in [2.75, 3.05) is 24.4 Å². The van der Waals surface area contributed by atoms with Gasteiger partial charge >= 0.3 is 6.03 Å². The Morgan fingerprint density at radius 3 is 2.63 bits per heavy atom. The first-order chi connectivity index (χ1) is 16.8. The van der Waals surface area contributed by atoms with E-state index in [2.05, 4.69) is 25.8 Å². The maximum atomic E-state index is 12.5. The predicted molar refractivity (Wildman–Crippen MR) is 136 cm³/mol. The zero-order chi connectivity index (χ0) is 25.0. The minimum absolute atomic E-state index is 0.200. The molecule has 0 saturated heterocycles. The summed E-state index contributed by atoms with van der Waals surface area (Å²) in [6, 6.07) is 12.5. The van der Waals surface area contributed by atoms with Crippen molar-refractivity contribution in [2.24, 2.45) is 0 Å². The number of benzene rings is 2. The first kappa shape index (κ1) is 24.3. The second-order valence-corrected chi connectivity index (χ2v) is 9.73. The van der Waals surface area contributed by atoms with Gasteiger partial charge in [-0.25, -0.2) is 14.8 Å². The molecule has 0 aliphatic heterocycles. The van der Waals surface area contributed by atoms with Gasteiger partial charge in [-0.05, 0) is 31.2 Å². The second-order valence-electron chi connectivity index (χ2n) is 8.67. The van der Waals surface area contributed by atoms with Crippen LogP contribution in [0.5, 0.6) is 11.5 Å². The van der Waals surface area contributed by atoms with E-state index in [9.17, 15) is 4.79 Å². The molecular formula is C25H27N5O4S. The zero-order valence-corrected chi connectivity index (χ0v) is 21.0. The Morgan fingerprint density at radius 1 is 1.09 bits per heavy atom. The van der Waals surface area contributed by atoms with Crippen LogP contribution in [0.25, 0.3) is 10.9 Å². The minimum Gasteiger partial charge on any atom is -0.493 e. The lowest BCUT2D eigenvalue weighted by atomic mass is 9.93. The number of ether oxygens (including phenoxy) is 2. The lowest BCUT2D eigenvalue weighted by molar-refractivity contribution is 0.262. The average molecular weight is 494 g/mol. The number of carbonyl (C=O) groups excluding carboxylic acids is 1. The van der Waals surface area contributed by atoms with Crippen molar-refractivity contribution in [1.82, 2.24) is 15.1 Å². The van der Waals surface area contributed by atoms with E-state index in [0.717, 1.165) is 20.8 Å². The Labute approximate surface area is 207 Å². The summed E-state index contributed by atoms with van der Waals surface area (Å²) in [5.74, 6) is 2.29. The number of hydrogen-bond donors (Lipinski definition) is 2. The molecule has 35 heavy (non-hydrogen) atoms. The summed E-state index contributed by atoms with van der Waals surface area (Å²) in [5.41, 5.74) is 1.18. The lowest BCUT2D eigenvalue weighted by Gasteiger charge is -2.12. The van der Waals surface area contributed by atoms with Crippen LogP contribution in [0.2, 0.25) is 0 Å². The maximum absolute atomic E-state index is 12.5.